The Morgan fingerprint density at radius 1 is 1.31 bits per heavy atom. The molecule has 0 aromatic heterocycles. The van der Waals surface area contributed by atoms with Gasteiger partial charge >= 0.3 is 0 Å². The Balaban J connectivity index is 2.00. The minimum absolute atomic E-state index is 0.264. The molecule has 2 fully saturated rings. The third kappa shape index (κ3) is 1.86. The van der Waals surface area contributed by atoms with E-state index in [0.29, 0.717) is 30.0 Å². The number of rotatable bonds is 3. The maximum Gasteiger partial charge on any atom is 0.227 e. The van der Waals surface area contributed by atoms with Crippen LogP contribution in [0.15, 0.2) is 0 Å². The highest BCUT2D eigenvalue weighted by atomic mass is 16.2. The minimum atomic E-state index is 0.264. The van der Waals surface area contributed by atoms with E-state index in [2.05, 4.69) is 32.6 Å². The van der Waals surface area contributed by atoms with Crippen molar-refractivity contribution in [2.45, 2.75) is 52.2 Å². The smallest absolute Gasteiger partial charge is 0.227 e. The molecular weight excluding hydrogens is 200 g/mol. The third-order valence-corrected chi connectivity index (χ3v) is 4.26. The molecule has 3 heteroatoms. The lowest BCUT2D eigenvalue weighted by atomic mass is 10.0. The van der Waals surface area contributed by atoms with Gasteiger partial charge in [0.05, 0.1) is 5.92 Å². The first-order valence-corrected chi connectivity index (χ1v) is 6.46. The molecule has 2 rings (SSSR count). The number of hydrogen-bond donors (Lipinski definition) is 0. The van der Waals surface area contributed by atoms with Crippen LogP contribution in [0.25, 0.3) is 0 Å². The lowest BCUT2D eigenvalue weighted by Crippen LogP contribution is -2.41. The van der Waals surface area contributed by atoms with Crippen LogP contribution in [0.1, 0.15) is 34.1 Å². The number of carbonyl (C=O) groups excluding carboxylic acids is 1. The van der Waals surface area contributed by atoms with Gasteiger partial charge in [0.1, 0.15) is 0 Å². The molecule has 0 N–H and O–H groups in total. The molecule has 16 heavy (non-hydrogen) atoms. The van der Waals surface area contributed by atoms with Gasteiger partial charge in [0, 0.05) is 31.7 Å². The van der Waals surface area contributed by atoms with Gasteiger partial charge in [0.25, 0.3) is 0 Å². The van der Waals surface area contributed by atoms with Crippen molar-refractivity contribution < 1.29 is 4.79 Å². The van der Waals surface area contributed by atoms with Crippen molar-refractivity contribution in [1.82, 2.24) is 9.80 Å². The van der Waals surface area contributed by atoms with Gasteiger partial charge in [0.15, 0.2) is 0 Å². The molecule has 1 saturated heterocycles. The van der Waals surface area contributed by atoms with E-state index < -0.39 is 0 Å². The second-order valence-electron chi connectivity index (χ2n) is 5.91. The first kappa shape index (κ1) is 11.9. The van der Waals surface area contributed by atoms with E-state index in [1.165, 1.54) is 6.42 Å². The van der Waals surface area contributed by atoms with Crippen LogP contribution >= 0.6 is 0 Å². The number of piperidine rings is 1. The van der Waals surface area contributed by atoms with Gasteiger partial charge in [-0.25, -0.2) is 0 Å². The van der Waals surface area contributed by atoms with Crippen LogP contribution in [-0.2, 0) is 4.79 Å². The monoisotopic (exact) mass is 224 g/mol. The summed E-state index contributed by atoms with van der Waals surface area (Å²) in [5.74, 6) is 1.27. The van der Waals surface area contributed by atoms with Gasteiger partial charge in [0.2, 0.25) is 5.91 Å². The van der Waals surface area contributed by atoms with Crippen LogP contribution < -0.4 is 0 Å². The zero-order valence-electron chi connectivity index (χ0n) is 11.1. The van der Waals surface area contributed by atoms with Crippen molar-refractivity contribution in [2.24, 2.45) is 11.8 Å². The van der Waals surface area contributed by atoms with Gasteiger partial charge in [-0.3, -0.25) is 9.69 Å². The average Bonchev–Trinajstić information content (AvgIpc) is 2.90. The van der Waals surface area contributed by atoms with Crippen molar-refractivity contribution in [3.8, 4) is 0 Å². The zero-order chi connectivity index (χ0) is 12.0. The van der Waals surface area contributed by atoms with Crippen molar-refractivity contribution in [1.29, 1.82) is 0 Å². The Bertz CT molecular complexity index is 288. The predicted molar refractivity (Wildman–Crippen MR) is 65.1 cm³/mol. The first-order valence-electron chi connectivity index (χ1n) is 6.46. The van der Waals surface area contributed by atoms with Crippen molar-refractivity contribution in [2.75, 3.05) is 13.6 Å². The molecule has 2 aliphatic rings. The van der Waals surface area contributed by atoms with Crippen LogP contribution in [0, 0.1) is 11.8 Å². The van der Waals surface area contributed by atoms with E-state index in [-0.39, 0.29) is 5.92 Å². The fourth-order valence-electron chi connectivity index (χ4n) is 2.88. The summed E-state index contributed by atoms with van der Waals surface area (Å²) in [5.41, 5.74) is 0. The first-order chi connectivity index (χ1) is 7.43. The van der Waals surface area contributed by atoms with E-state index in [0.717, 1.165) is 6.54 Å². The topological polar surface area (TPSA) is 23.6 Å². The minimum Gasteiger partial charge on any atom is -0.343 e. The Hall–Kier alpha value is -0.570. The molecule has 1 saturated carbocycles. The van der Waals surface area contributed by atoms with Crippen molar-refractivity contribution in [3.63, 3.8) is 0 Å². The Labute approximate surface area is 98.8 Å². The molecule has 0 bridgehead atoms. The molecular formula is C13H24N2O. The van der Waals surface area contributed by atoms with E-state index in [9.17, 15) is 4.79 Å². The van der Waals surface area contributed by atoms with Gasteiger partial charge in [-0.2, -0.15) is 0 Å². The molecule has 1 amide bonds. The largest absolute Gasteiger partial charge is 0.343 e. The van der Waals surface area contributed by atoms with Gasteiger partial charge in [-0.15, -0.1) is 0 Å². The molecule has 1 aliphatic heterocycles. The van der Waals surface area contributed by atoms with E-state index in [4.69, 9.17) is 0 Å². The fraction of sp³-hybridized carbons (Fsp3) is 0.923. The Morgan fingerprint density at radius 3 is 2.38 bits per heavy atom. The SMILES string of the molecule is CC(C)N(C)C(=O)C1CN(C(C)C)C2CC12. The number of amides is 1. The number of fused-ring (bicyclic) bond motifs is 1. The summed E-state index contributed by atoms with van der Waals surface area (Å²) in [5, 5.41) is 0. The van der Waals surface area contributed by atoms with Crippen LogP contribution in [0.2, 0.25) is 0 Å². The van der Waals surface area contributed by atoms with E-state index >= 15 is 0 Å². The third-order valence-electron chi connectivity index (χ3n) is 4.26. The molecule has 3 nitrogen and oxygen atoms in total. The number of hydrogen-bond acceptors (Lipinski definition) is 2. The second kappa shape index (κ2) is 4.02. The molecule has 3 unspecified atom stereocenters. The molecule has 0 aromatic rings. The van der Waals surface area contributed by atoms with E-state index in [1.54, 1.807) is 0 Å². The highest BCUT2D eigenvalue weighted by Crippen LogP contribution is 2.49. The highest BCUT2D eigenvalue weighted by Gasteiger charge is 2.56. The summed E-state index contributed by atoms with van der Waals surface area (Å²) >= 11 is 0. The second-order valence-corrected chi connectivity index (χ2v) is 5.91. The Kier molecular flexibility index (Phi) is 2.99. The van der Waals surface area contributed by atoms with E-state index in [1.807, 2.05) is 11.9 Å². The average molecular weight is 224 g/mol. The summed E-state index contributed by atoms with van der Waals surface area (Å²) in [6.45, 7) is 9.60. The highest BCUT2D eigenvalue weighted by molar-refractivity contribution is 5.80. The standard InChI is InChI=1S/C13H24N2O/c1-8(2)14(5)13(16)11-7-15(9(3)4)12-6-10(11)12/h8-12H,6-7H2,1-5H3. The quantitative estimate of drug-likeness (QED) is 0.726. The molecule has 0 spiro atoms. The summed E-state index contributed by atoms with van der Waals surface area (Å²) in [6.07, 6.45) is 1.24. The summed E-state index contributed by atoms with van der Waals surface area (Å²) in [4.78, 5) is 16.7. The molecule has 3 atom stereocenters. The maximum atomic E-state index is 12.3. The van der Waals surface area contributed by atoms with Gasteiger partial charge < -0.3 is 4.90 Å². The normalized spacial score (nSPS) is 33.3. The van der Waals surface area contributed by atoms with Crippen LogP contribution in [0.3, 0.4) is 0 Å². The lowest BCUT2D eigenvalue weighted by molar-refractivity contribution is -0.136. The molecule has 1 heterocycles. The van der Waals surface area contributed by atoms with Crippen molar-refractivity contribution in [3.05, 3.63) is 0 Å². The molecule has 1 aliphatic carbocycles. The van der Waals surface area contributed by atoms with Crippen LogP contribution in [-0.4, -0.2) is 47.4 Å². The molecule has 0 aromatic carbocycles. The predicted octanol–water partition coefficient (Wildman–Crippen LogP) is 1.58. The summed E-state index contributed by atoms with van der Waals surface area (Å²) in [6, 6.07) is 1.60. The molecule has 0 radical (unpaired) electrons. The number of carbonyl (C=O) groups is 1. The van der Waals surface area contributed by atoms with Crippen molar-refractivity contribution >= 4 is 5.91 Å². The fourth-order valence-corrected chi connectivity index (χ4v) is 2.88. The number of likely N-dealkylation sites (tertiary alicyclic amines) is 1. The summed E-state index contributed by atoms with van der Waals surface area (Å²) < 4.78 is 0. The maximum absolute atomic E-state index is 12.3. The van der Waals surface area contributed by atoms with Gasteiger partial charge in [-0.1, -0.05) is 0 Å². The lowest BCUT2D eigenvalue weighted by Gasteiger charge is -2.28. The van der Waals surface area contributed by atoms with Crippen LogP contribution in [0.5, 0.6) is 0 Å². The number of nitrogens with zero attached hydrogens (tertiary/aromatic N) is 2. The zero-order valence-corrected chi connectivity index (χ0v) is 11.1. The molecule has 92 valence electrons. The van der Waals surface area contributed by atoms with Gasteiger partial charge in [-0.05, 0) is 40.0 Å². The summed E-state index contributed by atoms with van der Waals surface area (Å²) in [7, 11) is 1.93. The Morgan fingerprint density at radius 2 is 1.94 bits per heavy atom. The van der Waals surface area contributed by atoms with Crippen LogP contribution in [0.4, 0.5) is 0 Å².